The van der Waals surface area contributed by atoms with Gasteiger partial charge in [0.2, 0.25) is 11.8 Å². The first-order chi connectivity index (χ1) is 21.3. The van der Waals surface area contributed by atoms with E-state index < -0.39 is 12.1 Å². The number of thioether (sulfide) groups is 1. The standard InChI is InChI=1S/C32H38N8O3S/c1-21(2)28-30-37-29(22-10-5-4-6-11-22)38-40(30)18-17-39(32(43)26-20-33-23-12-7-8-13-24(23)34-26)16-9-14-27(41)35-25(15-19-44-3)31(42)36-28/h4-8,10-13,20-21,25,28H,9,14-19H2,1-3H3,(H,35,41)(H,36,42)/t25-,28+/m0/s1. The maximum absolute atomic E-state index is 13.8. The quantitative estimate of drug-likeness (QED) is 0.334. The van der Waals surface area contributed by atoms with Gasteiger partial charge in [0.15, 0.2) is 11.6 Å². The Morgan fingerprint density at radius 1 is 0.977 bits per heavy atom. The van der Waals surface area contributed by atoms with Gasteiger partial charge in [-0.3, -0.25) is 19.4 Å². The number of amides is 3. The molecule has 1 aliphatic rings. The molecule has 0 spiro atoms. The van der Waals surface area contributed by atoms with Crippen molar-refractivity contribution in [3.05, 3.63) is 72.3 Å². The first-order valence-corrected chi connectivity index (χ1v) is 16.3. The van der Waals surface area contributed by atoms with Gasteiger partial charge in [0.05, 0.1) is 29.8 Å². The lowest BCUT2D eigenvalue weighted by atomic mass is 10.0. The molecule has 0 bridgehead atoms. The average molecular weight is 615 g/mol. The van der Waals surface area contributed by atoms with Gasteiger partial charge in [-0.05, 0) is 42.9 Å². The van der Waals surface area contributed by atoms with Crippen LogP contribution in [0, 0.1) is 5.92 Å². The van der Waals surface area contributed by atoms with Crippen molar-refractivity contribution < 1.29 is 14.4 Å². The molecule has 3 amide bonds. The second-order valence-corrected chi connectivity index (χ2v) is 12.1. The number of fused-ring (bicyclic) bond motifs is 2. The zero-order valence-electron chi connectivity index (χ0n) is 25.3. The Morgan fingerprint density at radius 2 is 1.73 bits per heavy atom. The van der Waals surface area contributed by atoms with Crippen LogP contribution >= 0.6 is 11.8 Å². The minimum atomic E-state index is -0.685. The summed E-state index contributed by atoms with van der Waals surface area (Å²) in [7, 11) is 0. The molecule has 2 atom stereocenters. The predicted molar refractivity (Wildman–Crippen MR) is 171 cm³/mol. The molecule has 4 aromatic rings. The number of hydrogen-bond donors (Lipinski definition) is 2. The summed E-state index contributed by atoms with van der Waals surface area (Å²) in [5.74, 6) is 1.08. The molecule has 0 aliphatic carbocycles. The molecular weight excluding hydrogens is 576 g/mol. The summed E-state index contributed by atoms with van der Waals surface area (Å²) >= 11 is 1.62. The van der Waals surface area contributed by atoms with Gasteiger partial charge in [-0.15, -0.1) is 0 Å². The van der Waals surface area contributed by atoms with E-state index in [-0.39, 0.29) is 35.8 Å². The number of rotatable bonds is 6. The lowest BCUT2D eigenvalue weighted by Crippen LogP contribution is -2.49. The molecule has 12 heteroatoms. The fraction of sp³-hybridized carbons (Fsp3) is 0.406. The van der Waals surface area contributed by atoms with Gasteiger partial charge < -0.3 is 15.5 Å². The van der Waals surface area contributed by atoms with Crippen molar-refractivity contribution in [2.45, 2.75) is 51.7 Å². The van der Waals surface area contributed by atoms with E-state index in [9.17, 15) is 14.4 Å². The number of carbonyl (C=O) groups is 3. The lowest BCUT2D eigenvalue weighted by molar-refractivity contribution is -0.129. The molecule has 0 saturated carbocycles. The highest BCUT2D eigenvalue weighted by Crippen LogP contribution is 2.25. The molecular formula is C32H38N8O3S. The lowest BCUT2D eigenvalue weighted by Gasteiger charge is -2.27. The number of hydrogen-bond acceptors (Lipinski definition) is 8. The van der Waals surface area contributed by atoms with E-state index in [1.165, 1.54) is 6.20 Å². The monoisotopic (exact) mass is 614 g/mol. The minimum Gasteiger partial charge on any atom is -0.344 e. The van der Waals surface area contributed by atoms with Gasteiger partial charge in [0.25, 0.3) is 5.91 Å². The van der Waals surface area contributed by atoms with Crippen LogP contribution in [0.4, 0.5) is 0 Å². The first kappa shape index (κ1) is 31.1. The highest BCUT2D eigenvalue weighted by atomic mass is 32.2. The highest BCUT2D eigenvalue weighted by Gasteiger charge is 2.30. The van der Waals surface area contributed by atoms with Crippen LogP contribution in [0.3, 0.4) is 0 Å². The molecule has 1 aliphatic heterocycles. The number of para-hydroxylation sites is 2. The molecule has 0 radical (unpaired) electrons. The summed E-state index contributed by atoms with van der Waals surface area (Å²) in [5, 5.41) is 10.9. The van der Waals surface area contributed by atoms with E-state index in [1.54, 1.807) is 21.3 Å². The summed E-state index contributed by atoms with van der Waals surface area (Å²) in [5.41, 5.74) is 2.43. The summed E-state index contributed by atoms with van der Waals surface area (Å²) < 4.78 is 1.79. The summed E-state index contributed by atoms with van der Waals surface area (Å²) in [6.45, 7) is 4.99. The van der Waals surface area contributed by atoms with Crippen molar-refractivity contribution in [1.82, 2.24) is 40.3 Å². The summed E-state index contributed by atoms with van der Waals surface area (Å²) in [6.07, 6.45) is 4.56. The number of benzene rings is 2. The van der Waals surface area contributed by atoms with Crippen LogP contribution in [-0.2, 0) is 16.1 Å². The van der Waals surface area contributed by atoms with Crippen LogP contribution in [0.25, 0.3) is 22.4 Å². The van der Waals surface area contributed by atoms with Crippen molar-refractivity contribution >= 4 is 40.5 Å². The Bertz CT molecular complexity index is 1610. The highest BCUT2D eigenvalue weighted by molar-refractivity contribution is 7.98. The molecule has 2 aromatic carbocycles. The fourth-order valence-corrected chi connectivity index (χ4v) is 5.67. The molecule has 2 aromatic heterocycles. The van der Waals surface area contributed by atoms with Gasteiger partial charge in [-0.25, -0.2) is 14.6 Å². The van der Waals surface area contributed by atoms with E-state index in [0.717, 1.165) is 5.56 Å². The minimum absolute atomic E-state index is 0.0269. The zero-order valence-corrected chi connectivity index (χ0v) is 26.1. The average Bonchev–Trinajstić information content (AvgIpc) is 3.46. The van der Waals surface area contributed by atoms with Crippen molar-refractivity contribution in [1.29, 1.82) is 0 Å². The van der Waals surface area contributed by atoms with Crippen LogP contribution < -0.4 is 10.6 Å². The van der Waals surface area contributed by atoms with Gasteiger partial charge >= 0.3 is 0 Å². The van der Waals surface area contributed by atoms with Crippen molar-refractivity contribution in [2.75, 3.05) is 25.1 Å². The Morgan fingerprint density at radius 3 is 2.48 bits per heavy atom. The normalized spacial score (nSPS) is 18.4. The van der Waals surface area contributed by atoms with E-state index in [4.69, 9.17) is 10.1 Å². The molecule has 11 nitrogen and oxygen atoms in total. The second-order valence-electron chi connectivity index (χ2n) is 11.2. The third-order valence-corrected chi connectivity index (χ3v) is 8.25. The van der Waals surface area contributed by atoms with Gasteiger partial charge in [-0.1, -0.05) is 56.3 Å². The van der Waals surface area contributed by atoms with E-state index in [2.05, 4.69) is 20.6 Å². The molecule has 230 valence electrons. The van der Waals surface area contributed by atoms with Crippen LogP contribution in [0.5, 0.6) is 0 Å². The molecule has 2 N–H and O–H groups in total. The van der Waals surface area contributed by atoms with Crippen LogP contribution in [0.1, 0.15) is 55.5 Å². The third kappa shape index (κ3) is 7.42. The topological polar surface area (TPSA) is 135 Å². The molecule has 0 fully saturated rings. The Labute approximate surface area is 261 Å². The van der Waals surface area contributed by atoms with E-state index in [1.807, 2.05) is 74.7 Å². The van der Waals surface area contributed by atoms with Crippen LogP contribution in [-0.4, -0.2) is 78.5 Å². The van der Waals surface area contributed by atoms with E-state index in [0.29, 0.717) is 60.9 Å². The number of nitrogens with one attached hydrogen (secondary N) is 2. The third-order valence-electron chi connectivity index (χ3n) is 7.61. The Hall–Kier alpha value is -4.32. The van der Waals surface area contributed by atoms with Crippen LogP contribution in [0.2, 0.25) is 0 Å². The smallest absolute Gasteiger partial charge is 0.274 e. The molecule has 0 saturated heterocycles. The second kappa shape index (κ2) is 14.4. The van der Waals surface area contributed by atoms with Crippen molar-refractivity contribution in [3.63, 3.8) is 0 Å². The number of aromatic nitrogens is 5. The van der Waals surface area contributed by atoms with Gasteiger partial charge in [-0.2, -0.15) is 16.9 Å². The molecule has 5 rings (SSSR count). The maximum Gasteiger partial charge on any atom is 0.274 e. The molecule has 3 heterocycles. The zero-order chi connectivity index (χ0) is 31.1. The van der Waals surface area contributed by atoms with Gasteiger partial charge in [0.1, 0.15) is 11.7 Å². The largest absolute Gasteiger partial charge is 0.344 e. The number of carbonyl (C=O) groups excluding carboxylic acids is 3. The fourth-order valence-electron chi connectivity index (χ4n) is 5.20. The number of nitrogens with zero attached hydrogens (tertiary/aromatic N) is 6. The Balaban J connectivity index is 1.52. The predicted octanol–water partition coefficient (Wildman–Crippen LogP) is 3.88. The van der Waals surface area contributed by atoms with Crippen LogP contribution in [0.15, 0.2) is 60.8 Å². The molecule has 0 unspecified atom stereocenters. The first-order valence-electron chi connectivity index (χ1n) is 14.9. The van der Waals surface area contributed by atoms with Gasteiger partial charge in [0, 0.05) is 25.1 Å². The molecule has 44 heavy (non-hydrogen) atoms. The van der Waals surface area contributed by atoms with Crippen molar-refractivity contribution in [2.24, 2.45) is 5.92 Å². The Kier molecular flexibility index (Phi) is 10.2. The van der Waals surface area contributed by atoms with E-state index >= 15 is 0 Å². The maximum atomic E-state index is 13.8. The SMILES string of the molecule is CSCC[C@@H]1NC(=O)CCCN(C(=O)c2cnc3ccccc3n2)CCn2nc(-c3ccccc3)nc2[C@@H](C(C)C)NC1=O. The van der Waals surface area contributed by atoms with Crippen molar-refractivity contribution in [3.8, 4) is 11.4 Å². The summed E-state index contributed by atoms with van der Waals surface area (Å²) in [6, 6.07) is 15.9. The summed E-state index contributed by atoms with van der Waals surface area (Å²) in [4.78, 5) is 56.0.